The maximum absolute atomic E-state index is 14.8. The number of Topliss-reactive ketones (excluding diaryl/α,β-unsaturated/α-hetero) is 1. The van der Waals surface area contributed by atoms with Gasteiger partial charge in [-0.3, -0.25) is 28.8 Å². The van der Waals surface area contributed by atoms with E-state index in [1.807, 2.05) is 132 Å². The molecule has 0 spiro atoms. The number of hydrogen-bond acceptors (Lipinski definition) is 8. The summed E-state index contributed by atoms with van der Waals surface area (Å²) >= 11 is 0. The van der Waals surface area contributed by atoms with E-state index < -0.39 is 6.04 Å². The van der Waals surface area contributed by atoms with E-state index in [4.69, 9.17) is 0 Å². The molecule has 3 N–H and O–H groups in total. The van der Waals surface area contributed by atoms with Crippen molar-refractivity contribution in [3.63, 3.8) is 0 Å². The predicted octanol–water partition coefficient (Wildman–Crippen LogP) is 9.25. The highest BCUT2D eigenvalue weighted by atomic mass is 16.2. The Bertz CT molecular complexity index is 2600. The van der Waals surface area contributed by atoms with Crippen molar-refractivity contribution >= 4 is 35.3 Å². The summed E-state index contributed by atoms with van der Waals surface area (Å²) in [6.45, 7) is 12.8. The number of piperazine rings is 2. The third-order valence-electron chi connectivity index (χ3n) is 17.7. The lowest BCUT2D eigenvalue weighted by molar-refractivity contribution is -0.144. The van der Waals surface area contributed by atoms with Crippen LogP contribution in [0, 0.1) is 29.6 Å². The smallest absolute Gasteiger partial charge is 0.253 e. The Balaban J connectivity index is 0.984. The maximum atomic E-state index is 14.8. The Kier molecular flexibility index (Phi) is 21.9. The molecule has 13 nitrogen and oxygen atoms in total. The Morgan fingerprint density at radius 1 is 0.570 bits per heavy atom. The van der Waals surface area contributed by atoms with Crippen LogP contribution in [0.3, 0.4) is 0 Å². The average molecular weight is 1080 g/mol. The molecule has 0 radical (unpaired) electrons. The number of carbonyl (C=O) groups excluding carboxylic acids is 6. The van der Waals surface area contributed by atoms with Crippen molar-refractivity contribution < 1.29 is 28.8 Å². The molecule has 0 unspecified atom stereocenters. The molecule has 5 atom stereocenters. The van der Waals surface area contributed by atoms with Gasteiger partial charge in [-0.25, -0.2) is 0 Å². The number of amides is 5. The highest BCUT2D eigenvalue weighted by Crippen LogP contribution is 2.35. The number of nitrogens with zero attached hydrogens (tertiary/aromatic N) is 4. The normalized spacial score (nSPS) is 19.5. The molecule has 2 aliphatic carbocycles. The summed E-state index contributed by atoms with van der Waals surface area (Å²) in [5.41, 5.74) is 5.15. The number of nitrogens with one attached hydrogen (secondary N) is 3. The second-order valence-corrected chi connectivity index (χ2v) is 23.4. The van der Waals surface area contributed by atoms with Crippen LogP contribution in [0.25, 0.3) is 11.1 Å². The van der Waals surface area contributed by atoms with Crippen LogP contribution in [0.4, 0.5) is 0 Å². The van der Waals surface area contributed by atoms with Crippen molar-refractivity contribution in [3.8, 4) is 11.1 Å². The lowest BCUT2D eigenvalue weighted by Gasteiger charge is -2.42. The zero-order valence-electron chi connectivity index (χ0n) is 47.7. The molecule has 2 aliphatic heterocycles. The van der Waals surface area contributed by atoms with E-state index in [1.165, 1.54) is 6.42 Å². The van der Waals surface area contributed by atoms with Gasteiger partial charge in [0, 0.05) is 101 Å². The molecular formula is C66H89N7O6. The Hall–Kier alpha value is -6.18. The van der Waals surface area contributed by atoms with Crippen molar-refractivity contribution in [2.24, 2.45) is 29.6 Å². The zero-order valence-corrected chi connectivity index (χ0v) is 47.7. The Morgan fingerprint density at radius 2 is 1.01 bits per heavy atom. The molecule has 5 amide bonds. The average Bonchev–Trinajstić information content (AvgIpc) is 3.51. The van der Waals surface area contributed by atoms with E-state index in [2.05, 4.69) is 40.2 Å². The molecule has 2 heterocycles. The first-order valence-corrected chi connectivity index (χ1v) is 30.1. The van der Waals surface area contributed by atoms with Gasteiger partial charge in [0.15, 0.2) is 0 Å². The van der Waals surface area contributed by atoms with Crippen molar-refractivity contribution in [1.82, 2.24) is 35.6 Å². The van der Waals surface area contributed by atoms with Gasteiger partial charge in [0.25, 0.3) is 11.8 Å². The van der Waals surface area contributed by atoms with Crippen LogP contribution < -0.4 is 16.0 Å². The van der Waals surface area contributed by atoms with Crippen molar-refractivity contribution in [3.05, 3.63) is 131 Å². The quantitative estimate of drug-likeness (QED) is 0.0666. The van der Waals surface area contributed by atoms with Crippen molar-refractivity contribution in [1.29, 1.82) is 0 Å². The van der Waals surface area contributed by atoms with E-state index in [9.17, 15) is 28.8 Å². The molecule has 4 aromatic carbocycles. The highest BCUT2D eigenvalue weighted by molar-refractivity contribution is 5.96. The van der Waals surface area contributed by atoms with Gasteiger partial charge in [-0.1, -0.05) is 151 Å². The van der Waals surface area contributed by atoms with E-state index in [-0.39, 0.29) is 83.4 Å². The van der Waals surface area contributed by atoms with Gasteiger partial charge in [0.2, 0.25) is 17.7 Å². The Morgan fingerprint density at radius 3 is 1.46 bits per heavy atom. The minimum atomic E-state index is -0.589. The minimum absolute atomic E-state index is 0.0440. The fraction of sp³-hybridized carbons (Fsp3) is 0.545. The largest absolute Gasteiger partial charge is 0.344 e. The third kappa shape index (κ3) is 16.0. The third-order valence-corrected chi connectivity index (χ3v) is 17.7. The van der Waals surface area contributed by atoms with Gasteiger partial charge in [-0.05, 0) is 103 Å². The second-order valence-electron chi connectivity index (χ2n) is 23.4. The van der Waals surface area contributed by atoms with Gasteiger partial charge < -0.3 is 35.6 Å². The first kappa shape index (κ1) is 59.0. The molecule has 4 aromatic rings. The molecule has 0 aromatic heterocycles. The monoisotopic (exact) mass is 1080 g/mol. The van der Waals surface area contributed by atoms with Crippen molar-refractivity contribution in [2.75, 3.05) is 65.4 Å². The molecule has 79 heavy (non-hydrogen) atoms. The van der Waals surface area contributed by atoms with Crippen LogP contribution in [-0.4, -0.2) is 138 Å². The van der Waals surface area contributed by atoms with Crippen LogP contribution in [0.15, 0.2) is 109 Å². The number of benzene rings is 4. The molecule has 424 valence electrons. The second kappa shape index (κ2) is 29.3. The van der Waals surface area contributed by atoms with Crippen LogP contribution in [0.2, 0.25) is 0 Å². The molecule has 2 saturated heterocycles. The minimum Gasteiger partial charge on any atom is -0.344 e. The molecule has 0 bridgehead atoms. The number of carbonyl (C=O) groups is 6. The molecule has 4 fully saturated rings. The van der Waals surface area contributed by atoms with Gasteiger partial charge >= 0.3 is 0 Å². The van der Waals surface area contributed by atoms with Gasteiger partial charge in [0.1, 0.15) is 11.8 Å². The summed E-state index contributed by atoms with van der Waals surface area (Å²) in [5.74, 6) is -0.529. The topological polar surface area (TPSA) is 151 Å². The Labute approximate surface area is 471 Å². The van der Waals surface area contributed by atoms with E-state index in [1.54, 1.807) is 0 Å². The lowest BCUT2D eigenvalue weighted by Crippen LogP contribution is -2.63. The number of rotatable bonds is 23. The van der Waals surface area contributed by atoms with Crippen LogP contribution in [-0.2, 0) is 32.0 Å². The summed E-state index contributed by atoms with van der Waals surface area (Å²) in [5, 5.41) is 10.2. The maximum Gasteiger partial charge on any atom is 0.253 e. The predicted molar refractivity (Wildman–Crippen MR) is 313 cm³/mol. The van der Waals surface area contributed by atoms with Gasteiger partial charge in [-0.2, -0.15) is 0 Å². The standard InChI is InChI=1S/C66H89N7O6/c1-5-48(4)62(75)69-61(54-24-16-9-17-25-54)66(79)73-41-37-68-44-58(73)46-71(39-35-50-20-12-7-13-21-50)64(77)56-32-28-52(29-33-56)51-26-30-55(31-27-51)63(76)70(38-34-49-18-10-6-11-19-49)45-57-43-67-36-40-72(57)65(78)59(42-60(74)47(2)3)53-22-14-8-15-23-53/h6-7,10-13,18-21,26-33,47-48,53-54,57-59,61,67-68H,5,8-9,14-17,22-25,34-46H2,1-4H3,(H,69,75)/t48-,57+,58+,59+,61+/m1/s1. The van der Waals surface area contributed by atoms with Gasteiger partial charge in [-0.15, -0.1) is 0 Å². The molecule has 2 saturated carbocycles. The van der Waals surface area contributed by atoms with Crippen LogP contribution in [0.5, 0.6) is 0 Å². The number of ketones is 1. The zero-order chi connectivity index (χ0) is 55.7. The molecule has 4 aliphatic rings. The summed E-state index contributed by atoms with van der Waals surface area (Å²) in [6, 6.07) is 34.5. The van der Waals surface area contributed by atoms with E-state index in [0.717, 1.165) is 80.0 Å². The molecular weight excluding hydrogens is 987 g/mol. The first-order chi connectivity index (χ1) is 38.4. The van der Waals surface area contributed by atoms with Crippen LogP contribution >= 0.6 is 0 Å². The van der Waals surface area contributed by atoms with Gasteiger partial charge in [0.05, 0.1) is 12.1 Å². The lowest BCUT2D eigenvalue weighted by atomic mass is 9.76. The van der Waals surface area contributed by atoms with E-state index in [0.29, 0.717) is 95.8 Å². The number of hydrogen-bond donors (Lipinski definition) is 3. The SMILES string of the molecule is CC[C@@H](C)C(=O)N[C@H](C(=O)N1CCNC[C@H]1CN(CCc1ccccc1)C(=O)c1ccc(-c2ccc(C(=O)N(CCc3ccccc3)C[C@@H]3CNCCN3C(=O)[C@@H](CC(=O)C(C)C)C3CCCCC3)cc2)cc1)C1CCCCC1. The molecule has 8 rings (SSSR count). The fourth-order valence-electron chi connectivity index (χ4n) is 12.4. The molecule has 13 heteroatoms. The summed E-state index contributed by atoms with van der Waals surface area (Å²) < 4.78 is 0. The van der Waals surface area contributed by atoms with Crippen molar-refractivity contribution in [2.45, 2.75) is 136 Å². The fourth-order valence-corrected chi connectivity index (χ4v) is 12.4. The first-order valence-electron chi connectivity index (χ1n) is 30.1. The summed E-state index contributed by atoms with van der Waals surface area (Å²) in [6.07, 6.45) is 12.6. The summed E-state index contributed by atoms with van der Waals surface area (Å²) in [4.78, 5) is 93.4. The highest BCUT2D eigenvalue weighted by Gasteiger charge is 2.41. The summed E-state index contributed by atoms with van der Waals surface area (Å²) in [7, 11) is 0. The van der Waals surface area contributed by atoms with E-state index >= 15 is 0 Å². The van der Waals surface area contributed by atoms with Crippen LogP contribution in [0.1, 0.15) is 137 Å².